The summed E-state index contributed by atoms with van der Waals surface area (Å²) < 4.78 is 7.29. The van der Waals surface area contributed by atoms with Crippen LogP contribution in [0.15, 0.2) is 36.7 Å². The number of imidazole rings is 1. The van der Waals surface area contributed by atoms with Gasteiger partial charge in [0.1, 0.15) is 11.6 Å². The van der Waals surface area contributed by atoms with E-state index in [0.29, 0.717) is 0 Å². The van der Waals surface area contributed by atoms with E-state index in [4.69, 9.17) is 4.74 Å². The average molecular weight is 355 g/mol. The van der Waals surface area contributed by atoms with Gasteiger partial charge in [-0.15, -0.1) is 0 Å². The molecule has 26 heavy (non-hydrogen) atoms. The molecule has 140 valence electrons. The largest absolute Gasteiger partial charge is 0.497 e. The van der Waals surface area contributed by atoms with Crippen LogP contribution in [0.5, 0.6) is 5.75 Å². The van der Waals surface area contributed by atoms with Gasteiger partial charge < -0.3 is 14.2 Å². The maximum absolute atomic E-state index is 13.3. The lowest BCUT2D eigenvalue weighted by atomic mass is 9.86. The minimum Gasteiger partial charge on any atom is -0.497 e. The molecule has 0 bridgehead atoms. The van der Waals surface area contributed by atoms with Gasteiger partial charge in [0, 0.05) is 39.5 Å². The van der Waals surface area contributed by atoms with E-state index in [-0.39, 0.29) is 11.3 Å². The van der Waals surface area contributed by atoms with Crippen LogP contribution < -0.4 is 4.74 Å². The maximum Gasteiger partial charge on any atom is 0.233 e. The maximum atomic E-state index is 13.3. The molecule has 2 aromatic rings. The Balaban J connectivity index is 1.69. The zero-order chi connectivity index (χ0) is 18.9. The van der Waals surface area contributed by atoms with Gasteiger partial charge in [-0.05, 0) is 36.0 Å². The lowest BCUT2D eigenvalue weighted by molar-refractivity contribution is -0.133. The van der Waals surface area contributed by atoms with Crippen LogP contribution in [0.3, 0.4) is 0 Å². The molecule has 1 atom stereocenters. The number of methoxy groups -OCH3 is 1. The molecule has 1 aliphatic carbocycles. The first-order chi connectivity index (χ1) is 12.3. The zero-order valence-corrected chi connectivity index (χ0v) is 16.5. The predicted octanol–water partition coefficient (Wildman–Crippen LogP) is 3.19. The van der Waals surface area contributed by atoms with Crippen LogP contribution in [0.1, 0.15) is 38.1 Å². The Labute approximate surface area is 156 Å². The Kier molecular flexibility index (Phi) is 4.82. The monoisotopic (exact) mass is 355 g/mol. The highest BCUT2D eigenvalue weighted by atomic mass is 16.5. The van der Waals surface area contributed by atoms with E-state index in [9.17, 15) is 4.79 Å². The molecular weight excluding hydrogens is 326 g/mol. The van der Waals surface area contributed by atoms with Crippen molar-refractivity contribution in [2.45, 2.75) is 38.5 Å². The first-order valence-corrected chi connectivity index (χ1v) is 9.18. The normalized spacial score (nSPS) is 20.7. The van der Waals surface area contributed by atoms with Crippen molar-refractivity contribution < 1.29 is 9.53 Å². The average Bonchev–Trinajstić information content (AvgIpc) is 2.99. The molecule has 5 nitrogen and oxygen atoms in total. The van der Waals surface area contributed by atoms with Crippen LogP contribution >= 0.6 is 0 Å². The lowest BCUT2D eigenvalue weighted by Gasteiger charge is -2.27. The number of amides is 1. The van der Waals surface area contributed by atoms with E-state index in [1.165, 1.54) is 0 Å². The summed E-state index contributed by atoms with van der Waals surface area (Å²) in [6, 6.07) is 7.96. The van der Waals surface area contributed by atoms with Gasteiger partial charge >= 0.3 is 0 Å². The SMILES string of the molecule is COc1ccc([C@]2(C(=O)N(C)CCCc3nccn3C)CC2(C)C)cc1. The quantitative estimate of drug-likeness (QED) is 0.766. The van der Waals surface area contributed by atoms with Crippen LogP contribution in [0.4, 0.5) is 0 Å². The summed E-state index contributed by atoms with van der Waals surface area (Å²) in [6.45, 7) is 5.09. The molecular formula is C21H29N3O2. The second kappa shape index (κ2) is 6.78. The van der Waals surface area contributed by atoms with Crippen molar-refractivity contribution in [3.05, 3.63) is 48.0 Å². The van der Waals surface area contributed by atoms with Crippen molar-refractivity contribution in [3.8, 4) is 5.75 Å². The standard InChI is InChI=1S/C21H29N3O2/c1-20(2)15-21(20,16-8-10-17(26-5)11-9-16)19(25)24(4)13-6-7-18-22-12-14-23(18)3/h8-12,14H,6-7,13,15H2,1-5H3/t21-/m0/s1. The Morgan fingerprint density at radius 1 is 1.31 bits per heavy atom. The van der Waals surface area contributed by atoms with Crippen LogP contribution in [-0.4, -0.2) is 41.1 Å². The molecule has 0 N–H and O–H groups in total. The van der Waals surface area contributed by atoms with Crippen molar-refractivity contribution in [1.82, 2.24) is 14.5 Å². The summed E-state index contributed by atoms with van der Waals surface area (Å²) in [6.07, 6.45) is 6.44. The summed E-state index contributed by atoms with van der Waals surface area (Å²) in [5.41, 5.74) is 0.647. The lowest BCUT2D eigenvalue weighted by Crippen LogP contribution is -2.39. The highest BCUT2D eigenvalue weighted by molar-refractivity contribution is 5.93. The summed E-state index contributed by atoms with van der Waals surface area (Å²) >= 11 is 0. The first kappa shape index (κ1) is 18.5. The number of hydrogen-bond acceptors (Lipinski definition) is 3. The van der Waals surface area contributed by atoms with Crippen molar-refractivity contribution in [1.29, 1.82) is 0 Å². The molecule has 1 aliphatic rings. The number of ether oxygens (including phenoxy) is 1. The Morgan fingerprint density at radius 2 is 1.96 bits per heavy atom. The minimum atomic E-state index is -0.419. The fraction of sp³-hybridized carbons (Fsp3) is 0.524. The molecule has 1 heterocycles. The molecule has 0 spiro atoms. The van der Waals surface area contributed by atoms with Gasteiger partial charge in [0.15, 0.2) is 0 Å². The van der Waals surface area contributed by atoms with E-state index in [0.717, 1.165) is 42.9 Å². The highest BCUT2D eigenvalue weighted by Crippen LogP contribution is 2.65. The van der Waals surface area contributed by atoms with Crippen molar-refractivity contribution in [2.24, 2.45) is 12.5 Å². The minimum absolute atomic E-state index is 0.0212. The summed E-state index contributed by atoms with van der Waals surface area (Å²) in [5, 5.41) is 0. The number of rotatable bonds is 7. The Hall–Kier alpha value is -2.30. The van der Waals surface area contributed by atoms with Crippen molar-refractivity contribution in [3.63, 3.8) is 0 Å². The number of benzene rings is 1. The van der Waals surface area contributed by atoms with Gasteiger partial charge in [0.2, 0.25) is 5.91 Å². The van der Waals surface area contributed by atoms with Gasteiger partial charge in [0.05, 0.1) is 12.5 Å². The predicted molar refractivity (Wildman–Crippen MR) is 102 cm³/mol. The van der Waals surface area contributed by atoms with E-state index in [1.54, 1.807) is 7.11 Å². The van der Waals surface area contributed by atoms with Crippen LogP contribution in [-0.2, 0) is 23.7 Å². The Bertz CT molecular complexity index is 779. The van der Waals surface area contributed by atoms with Crippen molar-refractivity contribution in [2.75, 3.05) is 20.7 Å². The van der Waals surface area contributed by atoms with Gasteiger partial charge in [0.25, 0.3) is 0 Å². The van der Waals surface area contributed by atoms with Gasteiger partial charge in [-0.1, -0.05) is 26.0 Å². The highest BCUT2D eigenvalue weighted by Gasteiger charge is 2.67. The third-order valence-corrected chi connectivity index (χ3v) is 5.85. The molecule has 1 saturated carbocycles. The second-order valence-corrected chi connectivity index (χ2v) is 7.98. The molecule has 0 radical (unpaired) electrons. The fourth-order valence-corrected chi connectivity index (χ4v) is 4.01. The van der Waals surface area contributed by atoms with Gasteiger partial charge in [-0.2, -0.15) is 0 Å². The fourth-order valence-electron chi connectivity index (χ4n) is 4.01. The van der Waals surface area contributed by atoms with Crippen molar-refractivity contribution >= 4 is 5.91 Å². The molecule has 1 fully saturated rings. The van der Waals surface area contributed by atoms with Gasteiger partial charge in [-0.25, -0.2) is 4.98 Å². The molecule has 3 rings (SSSR count). The number of likely N-dealkylation sites (N-methyl/N-ethyl adjacent to an activating group) is 1. The first-order valence-electron chi connectivity index (χ1n) is 9.18. The number of nitrogens with zero attached hydrogens (tertiary/aromatic N) is 3. The number of aromatic nitrogens is 2. The van der Waals surface area contributed by atoms with Crippen LogP contribution in [0.2, 0.25) is 0 Å². The van der Waals surface area contributed by atoms with E-state index < -0.39 is 5.41 Å². The number of carbonyl (C=O) groups excluding carboxylic acids is 1. The number of aryl methyl sites for hydroxylation is 2. The summed E-state index contributed by atoms with van der Waals surface area (Å²) in [4.78, 5) is 19.6. The molecule has 0 aliphatic heterocycles. The second-order valence-electron chi connectivity index (χ2n) is 7.98. The Morgan fingerprint density at radius 3 is 2.46 bits per heavy atom. The smallest absolute Gasteiger partial charge is 0.233 e. The van der Waals surface area contributed by atoms with E-state index in [2.05, 4.69) is 18.8 Å². The third-order valence-electron chi connectivity index (χ3n) is 5.85. The topological polar surface area (TPSA) is 47.4 Å². The zero-order valence-electron chi connectivity index (χ0n) is 16.5. The molecule has 1 amide bonds. The molecule has 1 aromatic heterocycles. The molecule has 0 saturated heterocycles. The van der Waals surface area contributed by atoms with Crippen LogP contribution in [0, 0.1) is 5.41 Å². The van der Waals surface area contributed by atoms with Crippen LogP contribution in [0.25, 0.3) is 0 Å². The molecule has 1 aromatic carbocycles. The number of carbonyl (C=O) groups is 1. The third kappa shape index (κ3) is 3.11. The number of hydrogen-bond donors (Lipinski definition) is 0. The molecule has 5 heteroatoms. The molecule has 0 unspecified atom stereocenters. The van der Waals surface area contributed by atoms with Gasteiger partial charge in [-0.3, -0.25) is 4.79 Å². The summed E-state index contributed by atoms with van der Waals surface area (Å²) in [5.74, 6) is 2.09. The van der Waals surface area contributed by atoms with E-state index >= 15 is 0 Å². The summed E-state index contributed by atoms with van der Waals surface area (Å²) in [7, 11) is 5.58. The van der Waals surface area contributed by atoms with E-state index in [1.807, 2.05) is 60.2 Å².